The predicted molar refractivity (Wildman–Crippen MR) is 65.9 cm³/mol. The van der Waals surface area contributed by atoms with Crippen LogP contribution in [-0.4, -0.2) is 45.8 Å². The van der Waals surface area contributed by atoms with E-state index in [1.165, 1.54) is 0 Å². The Bertz CT molecular complexity index is 436. The van der Waals surface area contributed by atoms with Crippen LogP contribution < -0.4 is 5.32 Å². The number of nitrogens with zero attached hydrogens (tertiary/aromatic N) is 3. The lowest BCUT2D eigenvalue weighted by Crippen LogP contribution is -2.60. The molecule has 94 valence electrons. The summed E-state index contributed by atoms with van der Waals surface area (Å²) in [5, 5.41) is 7.54. The second-order valence-corrected chi connectivity index (χ2v) is 5.24. The molecule has 1 amide bonds. The Kier molecular flexibility index (Phi) is 2.95. The summed E-state index contributed by atoms with van der Waals surface area (Å²) in [5.41, 5.74) is 1.40. The summed E-state index contributed by atoms with van der Waals surface area (Å²) in [5.74, 6) is 0.0691. The molecule has 0 unspecified atom stereocenters. The molecule has 0 spiro atoms. The molecule has 2 heterocycles. The number of aryl methyl sites for hydroxylation is 2. The molecule has 0 atom stereocenters. The van der Waals surface area contributed by atoms with Crippen LogP contribution in [0.2, 0.25) is 0 Å². The molecular formula is C12H20N4O. The fraction of sp³-hybridized carbons (Fsp3) is 0.667. The summed E-state index contributed by atoms with van der Waals surface area (Å²) in [7, 11) is 1.81. The van der Waals surface area contributed by atoms with Crippen molar-refractivity contribution < 1.29 is 4.79 Å². The molecule has 0 saturated carbocycles. The first-order chi connectivity index (χ1) is 7.92. The number of carbonyl (C=O) groups is 1. The summed E-state index contributed by atoms with van der Waals surface area (Å²) in [4.78, 5) is 14.4. The Morgan fingerprint density at radius 1 is 1.53 bits per heavy atom. The van der Waals surface area contributed by atoms with E-state index in [1.807, 2.05) is 24.9 Å². The molecule has 1 aromatic rings. The van der Waals surface area contributed by atoms with Crippen molar-refractivity contribution in [3.63, 3.8) is 0 Å². The van der Waals surface area contributed by atoms with Crippen molar-refractivity contribution in [3.8, 4) is 0 Å². The minimum atomic E-state index is -0.145. The van der Waals surface area contributed by atoms with Gasteiger partial charge in [-0.3, -0.25) is 9.48 Å². The second kappa shape index (κ2) is 4.14. The molecule has 0 aromatic carbocycles. The minimum absolute atomic E-state index is 0.0691. The maximum atomic E-state index is 12.5. The maximum Gasteiger partial charge on any atom is 0.272 e. The minimum Gasteiger partial charge on any atom is -0.330 e. The van der Waals surface area contributed by atoms with Crippen LogP contribution in [-0.2, 0) is 7.05 Å². The van der Waals surface area contributed by atoms with E-state index in [2.05, 4.69) is 24.3 Å². The third-order valence-electron chi connectivity index (χ3n) is 3.27. The first-order valence-corrected chi connectivity index (χ1v) is 5.95. The van der Waals surface area contributed by atoms with Gasteiger partial charge in [0.2, 0.25) is 0 Å². The topological polar surface area (TPSA) is 50.2 Å². The number of carbonyl (C=O) groups excluding carboxylic acids is 1. The Labute approximate surface area is 102 Å². The number of hydrogen-bond donors (Lipinski definition) is 1. The van der Waals surface area contributed by atoms with Crippen LogP contribution in [0.5, 0.6) is 0 Å². The Hall–Kier alpha value is -1.36. The maximum absolute atomic E-state index is 12.5. The molecule has 2 rings (SSSR count). The average Bonchev–Trinajstić information content (AvgIpc) is 2.56. The second-order valence-electron chi connectivity index (χ2n) is 5.24. The normalized spacial score (nSPS) is 19.4. The van der Waals surface area contributed by atoms with E-state index in [4.69, 9.17) is 0 Å². The number of hydrogen-bond acceptors (Lipinski definition) is 3. The molecule has 17 heavy (non-hydrogen) atoms. The quantitative estimate of drug-likeness (QED) is 0.775. The molecule has 0 aliphatic carbocycles. The van der Waals surface area contributed by atoms with Gasteiger partial charge in [-0.2, -0.15) is 5.10 Å². The Morgan fingerprint density at radius 2 is 2.24 bits per heavy atom. The summed E-state index contributed by atoms with van der Waals surface area (Å²) in [6.45, 7) is 8.50. The fourth-order valence-electron chi connectivity index (χ4n) is 2.31. The van der Waals surface area contributed by atoms with Gasteiger partial charge in [-0.05, 0) is 26.8 Å². The van der Waals surface area contributed by atoms with Crippen LogP contribution >= 0.6 is 0 Å². The van der Waals surface area contributed by atoms with E-state index in [9.17, 15) is 4.79 Å². The van der Waals surface area contributed by atoms with Crippen molar-refractivity contribution >= 4 is 5.91 Å². The molecule has 1 aromatic heterocycles. The standard InChI is InChI=1S/C12H20N4O/c1-9-7-10(15(4)14-9)11(17)16-6-5-13-8-12(16,2)3/h7,13H,5-6,8H2,1-4H3. The molecule has 0 bridgehead atoms. The third-order valence-corrected chi connectivity index (χ3v) is 3.27. The lowest BCUT2D eigenvalue weighted by molar-refractivity contribution is 0.0466. The van der Waals surface area contributed by atoms with Crippen LogP contribution in [0, 0.1) is 6.92 Å². The molecule has 5 nitrogen and oxygen atoms in total. The van der Waals surface area contributed by atoms with Crippen molar-refractivity contribution in [2.24, 2.45) is 7.05 Å². The fourth-order valence-corrected chi connectivity index (χ4v) is 2.31. The van der Waals surface area contributed by atoms with Crippen LogP contribution in [0.25, 0.3) is 0 Å². The van der Waals surface area contributed by atoms with E-state index >= 15 is 0 Å². The Balaban J connectivity index is 2.28. The van der Waals surface area contributed by atoms with Crippen LogP contribution in [0.15, 0.2) is 6.07 Å². The lowest BCUT2D eigenvalue weighted by Gasteiger charge is -2.42. The smallest absolute Gasteiger partial charge is 0.272 e. The number of aromatic nitrogens is 2. The van der Waals surface area contributed by atoms with E-state index in [0.29, 0.717) is 5.69 Å². The van der Waals surface area contributed by atoms with Crippen molar-refractivity contribution in [1.29, 1.82) is 0 Å². The van der Waals surface area contributed by atoms with E-state index < -0.39 is 0 Å². The van der Waals surface area contributed by atoms with Gasteiger partial charge in [-0.25, -0.2) is 0 Å². The van der Waals surface area contributed by atoms with Gasteiger partial charge in [0.1, 0.15) is 5.69 Å². The predicted octanol–water partition coefficient (Wildman–Crippen LogP) is 0.553. The van der Waals surface area contributed by atoms with Gasteiger partial charge in [0, 0.05) is 26.7 Å². The summed E-state index contributed by atoms with van der Waals surface area (Å²) in [6.07, 6.45) is 0. The highest BCUT2D eigenvalue weighted by Crippen LogP contribution is 2.19. The van der Waals surface area contributed by atoms with Gasteiger partial charge in [-0.1, -0.05) is 0 Å². The first kappa shape index (κ1) is 12.1. The van der Waals surface area contributed by atoms with Crippen LogP contribution in [0.1, 0.15) is 30.0 Å². The van der Waals surface area contributed by atoms with Gasteiger partial charge in [-0.15, -0.1) is 0 Å². The van der Waals surface area contributed by atoms with Gasteiger partial charge in [0.25, 0.3) is 5.91 Å². The number of amides is 1. The highest BCUT2D eigenvalue weighted by Gasteiger charge is 2.34. The first-order valence-electron chi connectivity index (χ1n) is 5.95. The summed E-state index contributed by atoms with van der Waals surface area (Å²) >= 11 is 0. The van der Waals surface area contributed by atoms with Gasteiger partial charge in [0.05, 0.1) is 11.2 Å². The molecule has 1 N–H and O–H groups in total. The molecular weight excluding hydrogens is 216 g/mol. The zero-order valence-electron chi connectivity index (χ0n) is 10.9. The highest BCUT2D eigenvalue weighted by atomic mass is 16.2. The summed E-state index contributed by atoms with van der Waals surface area (Å²) in [6, 6.07) is 1.85. The molecule has 0 radical (unpaired) electrons. The monoisotopic (exact) mass is 236 g/mol. The number of rotatable bonds is 1. The summed E-state index contributed by atoms with van der Waals surface area (Å²) < 4.78 is 1.66. The zero-order valence-corrected chi connectivity index (χ0v) is 10.9. The lowest BCUT2D eigenvalue weighted by atomic mass is 9.99. The average molecular weight is 236 g/mol. The van der Waals surface area contributed by atoms with Crippen LogP contribution in [0.4, 0.5) is 0 Å². The van der Waals surface area contributed by atoms with Crippen molar-refractivity contribution in [1.82, 2.24) is 20.0 Å². The van der Waals surface area contributed by atoms with Crippen molar-refractivity contribution in [3.05, 3.63) is 17.5 Å². The zero-order chi connectivity index (χ0) is 12.6. The Morgan fingerprint density at radius 3 is 2.76 bits per heavy atom. The molecule has 1 saturated heterocycles. The van der Waals surface area contributed by atoms with Gasteiger partial charge < -0.3 is 10.2 Å². The van der Waals surface area contributed by atoms with E-state index in [1.54, 1.807) is 4.68 Å². The molecule has 1 fully saturated rings. The highest BCUT2D eigenvalue weighted by molar-refractivity contribution is 5.93. The van der Waals surface area contributed by atoms with E-state index in [0.717, 1.165) is 25.3 Å². The number of piperazine rings is 1. The third kappa shape index (κ3) is 2.20. The van der Waals surface area contributed by atoms with Gasteiger partial charge >= 0.3 is 0 Å². The molecule has 1 aliphatic heterocycles. The van der Waals surface area contributed by atoms with E-state index in [-0.39, 0.29) is 11.4 Å². The molecule has 1 aliphatic rings. The van der Waals surface area contributed by atoms with Crippen molar-refractivity contribution in [2.45, 2.75) is 26.3 Å². The largest absolute Gasteiger partial charge is 0.330 e. The van der Waals surface area contributed by atoms with Crippen molar-refractivity contribution in [2.75, 3.05) is 19.6 Å². The molecule has 5 heteroatoms. The van der Waals surface area contributed by atoms with Crippen LogP contribution in [0.3, 0.4) is 0 Å². The van der Waals surface area contributed by atoms with Gasteiger partial charge in [0.15, 0.2) is 0 Å². The SMILES string of the molecule is Cc1cc(C(=O)N2CCNCC2(C)C)n(C)n1. The number of nitrogens with one attached hydrogen (secondary N) is 1.